The zero-order valence-corrected chi connectivity index (χ0v) is 11.4. The van der Waals surface area contributed by atoms with Gasteiger partial charge in [-0.05, 0) is 37.8 Å². The summed E-state index contributed by atoms with van der Waals surface area (Å²) in [6, 6.07) is 11.1. The van der Waals surface area contributed by atoms with Gasteiger partial charge in [-0.2, -0.15) is 11.8 Å². The SMILES string of the molecule is CC(CNc1ccccc1)N1CCCSCC1. The van der Waals surface area contributed by atoms with Crippen LogP contribution in [0.1, 0.15) is 13.3 Å². The van der Waals surface area contributed by atoms with Gasteiger partial charge < -0.3 is 5.32 Å². The first kappa shape index (κ1) is 12.8. The average molecular weight is 250 g/mol. The van der Waals surface area contributed by atoms with E-state index in [4.69, 9.17) is 0 Å². The zero-order valence-electron chi connectivity index (χ0n) is 10.6. The Labute approximate surface area is 109 Å². The summed E-state index contributed by atoms with van der Waals surface area (Å²) in [6.45, 7) is 5.85. The van der Waals surface area contributed by atoms with E-state index in [9.17, 15) is 0 Å². The molecule has 0 bridgehead atoms. The smallest absolute Gasteiger partial charge is 0.0340 e. The lowest BCUT2D eigenvalue weighted by molar-refractivity contribution is 0.234. The third-order valence-corrected chi connectivity index (χ3v) is 4.30. The molecule has 94 valence electrons. The first-order valence-corrected chi connectivity index (χ1v) is 7.62. The van der Waals surface area contributed by atoms with E-state index >= 15 is 0 Å². The van der Waals surface area contributed by atoms with Gasteiger partial charge in [0, 0.05) is 30.6 Å². The number of anilines is 1. The molecule has 0 amide bonds. The summed E-state index contributed by atoms with van der Waals surface area (Å²) in [5, 5.41) is 3.51. The zero-order chi connectivity index (χ0) is 11.9. The van der Waals surface area contributed by atoms with Crippen molar-refractivity contribution in [2.45, 2.75) is 19.4 Å². The Hall–Kier alpha value is -0.670. The molecule has 1 aliphatic heterocycles. The van der Waals surface area contributed by atoms with Gasteiger partial charge in [0.25, 0.3) is 0 Å². The lowest BCUT2D eigenvalue weighted by atomic mass is 10.2. The van der Waals surface area contributed by atoms with Crippen LogP contribution in [-0.2, 0) is 0 Å². The van der Waals surface area contributed by atoms with E-state index in [-0.39, 0.29) is 0 Å². The Morgan fingerprint density at radius 1 is 1.24 bits per heavy atom. The number of para-hydroxylation sites is 1. The molecule has 2 nitrogen and oxygen atoms in total. The summed E-state index contributed by atoms with van der Waals surface area (Å²) >= 11 is 2.09. The predicted octanol–water partition coefficient (Wildman–Crippen LogP) is 2.93. The van der Waals surface area contributed by atoms with Gasteiger partial charge in [0.2, 0.25) is 0 Å². The van der Waals surface area contributed by atoms with E-state index in [1.807, 2.05) is 0 Å². The second-order valence-electron chi connectivity index (χ2n) is 4.60. The number of nitrogens with zero attached hydrogens (tertiary/aromatic N) is 1. The van der Waals surface area contributed by atoms with Crippen molar-refractivity contribution in [1.29, 1.82) is 0 Å². The van der Waals surface area contributed by atoms with E-state index in [0.717, 1.165) is 6.54 Å². The van der Waals surface area contributed by atoms with Gasteiger partial charge in [0.15, 0.2) is 0 Å². The molecule has 0 aliphatic carbocycles. The maximum absolute atomic E-state index is 3.51. The van der Waals surface area contributed by atoms with Gasteiger partial charge in [-0.25, -0.2) is 0 Å². The molecule has 0 saturated carbocycles. The lowest BCUT2D eigenvalue weighted by Crippen LogP contribution is -2.39. The van der Waals surface area contributed by atoms with Crippen LogP contribution in [0.3, 0.4) is 0 Å². The number of thioether (sulfide) groups is 1. The fourth-order valence-electron chi connectivity index (χ4n) is 2.16. The van der Waals surface area contributed by atoms with Crippen LogP contribution >= 0.6 is 11.8 Å². The Balaban J connectivity index is 1.78. The van der Waals surface area contributed by atoms with Crippen LogP contribution in [0.5, 0.6) is 0 Å². The molecule has 1 atom stereocenters. The molecule has 3 heteroatoms. The van der Waals surface area contributed by atoms with E-state index in [0.29, 0.717) is 6.04 Å². The monoisotopic (exact) mass is 250 g/mol. The summed E-state index contributed by atoms with van der Waals surface area (Å²) in [5.41, 5.74) is 1.23. The molecule has 1 aromatic carbocycles. The molecule has 1 unspecified atom stereocenters. The van der Waals surface area contributed by atoms with Gasteiger partial charge in [0.1, 0.15) is 0 Å². The van der Waals surface area contributed by atoms with Crippen molar-refractivity contribution in [1.82, 2.24) is 4.90 Å². The number of nitrogens with one attached hydrogen (secondary N) is 1. The highest BCUT2D eigenvalue weighted by Gasteiger charge is 2.15. The highest BCUT2D eigenvalue weighted by molar-refractivity contribution is 7.99. The lowest BCUT2D eigenvalue weighted by Gasteiger charge is -2.27. The van der Waals surface area contributed by atoms with Crippen molar-refractivity contribution in [3.05, 3.63) is 30.3 Å². The highest BCUT2D eigenvalue weighted by atomic mass is 32.2. The van der Waals surface area contributed by atoms with E-state index in [1.165, 1.54) is 36.7 Å². The summed E-state index contributed by atoms with van der Waals surface area (Å²) in [5.74, 6) is 2.62. The quantitative estimate of drug-likeness (QED) is 0.884. The molecule has 1 heterocycles. The van der Waals surface area contributed by atoms with Gasteiger partial charge >= 0.3 is 0 Å². The first-order valence-electron chi connectivity index (χ1n) is 6.47. The predicted molar refractivity (Wildman–Crippen MR) is 77.9 cm³/mol. The normalized spacial score (nSPS) is 19.6. The molecule has 2 rings (SSSR count). The third kappa shape index (κ3) is 4.25. The maximum atomic E-state index is 3.51. The average Bonchev–Trinajstić information content (AvgIpc) is 2.66. The third-order valence-electron chi connectivity index (χ3n) is 3.26. The van der Waals surface area contributed by atoms with Gasteiger partial charge in [-0.1, -0.05) is 18.2 Å². The van der Waals surface area contributed by atoms with Crippen LogP contribution in [-0.4, -0.2) is 42.1 Å². The van der Waals surface area contributed by atoms with Crippen molar-refractivity contribution in [3.63, 3.8) is 0 Å². The number of hydrogen-bond acceptors (Lipinski definition) is 3. The molecule has 17 heavy (non-hydrogen) atoms. The Bertz CT molecular complexity index is 307. The Kier molecular flexibility index (Phi) is 5.20. The van der Waals surface area contributed by atoms with Crippen LogP contribution in [0.25, 0.3) is 0 Å². The standard InChI is InChI=1S/C14H22N2S/c1-13(16-8-5-10-17-11-9-16)12-15-14-6-3-2-4-7-14/h2-4,6-7,13,15H,5,8-12H2,1H3. The fourth-order valence-corrected chi connectivity index (χ4v) is 3.06. The van der Waals surface area contributed by atoms with Crippen molar-refractivity contribution in [2.24, 2.45) is 0 Å². The van der Waals surface area contributed by atoms with Crippen LogP contribution < -0.4 is 5.32 Å². The van der Waals surface area contributed by atoms with E-state index in [1.54, 1.807) is 0 Å². The summed E-state index contributed by atoms with van der Waals surface area (Å²) < 4.78 is 0. The Morgan fingerprint density at radius 2 is 2.06 bits per heavy atom. The molecular formula is C14H22N2S. The molecule has 0 aromatic heterocycles. The van der Waals surface area contributed by atoms with Gasteiger partial charge in [-0.15, -0.1) is 0 Å². The van der Waals surface area contributed by atoms with E-state index in [2.05, 4.69) is 59.2 Å². The molecule has 0 spiro atoms. The molecular weight excluding hydrogens is 228 g/mol. The highest BCUT2D eigenvalue weighted by Crippen LogP contribution is 2.13. The van der Waals surface area contributed by atoms with Crippen LogP contribution in [0, 0.1) is 0 Å². The van der Waals surface area contributed by atoms with Gasteiger partial charge in [0.05, 0.1) is 0 Å². The number of hydrogen-bond donors (Lipinski definition) is 1. The van der Waals surface area contributed by atoms with Crippen molar-refractivity contribution < 1.29 is 0 Å². The minimum absolute atomic E-state index is 0.619. The summed E-state index contributed by atoms with van der Waals surface area (Å²) in [7, 11) is 0. The van der Waals surface area contributed by atoms with Crippen molar-refractivity contribution in [2.75, 3.05) is 36.5 Å². The topological polar surface area (TPSA) is 15.3 Å². The van der Waals surface area contributed by atoms with Crippen molar-refractivity contribution >= 4 is 17.4 Å². The second-order valence-corrected chi connectivity index (χ2v) is 5.82. The molecule has 1 aromatic rings. The minimum atomic E-state index is 0.619. The van der Waals surface area contributed by atoms with Crippen LogP contribution in [0.2, 0.25) is 0 Å². The first-order chi connectivity index (χ1) is 8.36. The maximum Gasteiger partial charge on any atom is 0.0340 e. The molecule has 1 N–H and O–H groups in total. The molecule has 1 aliphatic rings. The van der Waals surface area contributed by atoms with Crippen molar-refractivity contribution in [3.8, 4) is 0 Å². The molecule has 0 radical (unpaired) electrons. The fraction of sp³-hybridized carbons (Fsp3) is 0.571. The summed E-state index contributed by atoms with van der Waals surface area (Å²) in [4.78, 5) is 2.61. The second kappa shape index (κ2) is 6.92. The molecule has 1 saturated heterocycles. The molecule has 1 fully saturated rings. The van der Waals surface area contributed by atoms with Crippen LogP contribution in [0.4, 0.5) is 5.69 Å². The number of benzene rings is 1. The van der Waals surface area contributed by atoms with E-state index < -0.39 is 0 Å². The minimum Gasteiger partial charge on any atom is -0.383 e. The van der Waals surface area contributed by atoms with Crippen LogP contribution in [0.15, 0.2) is 30.3 Å². The number of rotatable bonds is 4. The Morgan fingerprint density at radius 3 is 2.88 bits per heavy atom. The summed E-state index contributed by atoms with van der Waals surface area (Å²) in [6.07, 6.45) is 1.33. The largest absolute Gasteiger partial charge is 0.383 e. The van der Waals surface area contributed by atoms with Gasteiger partial charge in [-0.3, -0.25) is 4.90 Å².